The summed E-state index contributed by atoms with van der Waals surface area (Å²) in [6.45, 7) is 6.03. The molecule has 3 heterocycles. The molecule has 2 aromatic rings. The highest BCUT2D eigenvalue weighted by Gasteiger charge is 2.31. The molecular formula is C17H23N3S. The van der Waals surface area contributed by atoms with Crippen LogP contribution >= 0.6 is 11.3 Å². The van der Waals surface area contributed by atoms with Crippen molar-refractivity contribution in [1.82, 2.24) is 9.88 Å². The molecule has 1 aromatic carbocycles. The molecule has 2 saturated heterocycles. The summed E-state index contributed by atoms with van der Waals surface area (Å²) in [6.07, 6.45) is 5.36. The first-order chi connectivity index (χ1) is 10.3. The highest BCUT2D eigenvalue weighted by atomic mass is 32.1. The lowest BCUT2D eigenvalue weighted by atomic mass is 10.0. The van der Waals surface area contributed by atoms with Crippen molar-refractivity contribution < 1.29 is 0 Å². The molecule has 0 N–H and O–H groups in total. The second-order valence-electron chi connectivity index (χ2n) is 6.41. The normalized spacial score (nSPS) is 25.0. The number of piperidine rings is 1. The lowest BCUT2D eigenvalue weighted by Crippen LogP contribution is -2.46. The highest BCUT2D eigenvalue weighted by Crippen LogP contribution is 2.32. The van der Waals surface area contributed by atoms with Gasteiger partial charge in [0.1, 0.15) is 0 Å². The molecule has 2 aliphatic rings. The van der Waals surface area contributed by atoms with E-state index in [1.807, 2.05) is 11.3 Å². The Balaban J connectivity index is 1.45. The van der Waals surface area contributed by atoms with Gasteiger partial charge >= 0.3 is 0 Å². The fourth-order valence-electron chi connectivity index (χ4n) is 3.88. The summed E-state index contributed by atoms with van der Waals surface area (Å²) >= 11 is 1.84. The van der Waals surface area contributed by atoms with Gasteiger partial charge in [-0.1, -0.05) is 23.5 Å². The van der Waals surface area contributed by atoms with Crippen LogP contribution in [-0.2, 0) is 0 Å². The van der Waals surface area contributed by atoms with Gasteiger partial charge in [0.15, 0.2) is 5.13 Å². The topological polar surface area (TPSA) is 19.4 Å². The van der Waals surface area contributed by atoms with Crippen LogP contribution in [0, 0.1) is 0 Å². The summed E-state index contributed by atoms with van der Waals surface area (Å²) in [6, 6.07) is 10.1. The van der Waals surface area contributed by atoms with E-state index in [1.165, 1.54) is 42.1 Å². The van der Waals surface area contributed by atoms with Gasteiger partial charge in [-0.05, 0) is 51.3 Å². The second-order valence-corrected chi connectivity index (χ2v) is 7.42. The van der Waals surface area contributed by atoms with E-state index in [9.17, 15) is 0 Å². The summed E-state index contributed by atoms with van der Waals surface area (Å²) in [5, 5.41) is 1.21. The van der Waals surface area contributed by atoms with E-state index in [-0.39, 0.29) is 0 Å². The van der Waals surface area contributed by atoms with Crippen molar-refractivity contribution in [3.05, 3.63) is 24.3 Å². The quantitative estimate of drug-likeness (QED) is 0.842. The van der Waals surface area contributed by atoms with Gasteiger partial charge in [-0.2, -0.15) is 0 Å². The number of benzene rings is 1. The van der Waals surface area contributed by atoms with Gasteiger partial charge in [0.05, 0.1) is 10.2 Å². The van der Waals surface area contributed by atoms with Gasteiger partial charge in [0, 0.05) is 25.2 Å². The Kier molecular flexibility index (Phi) is 3.59. The number of anilines is 1. The zero-order chi connectivity index (χ0) is 14.2. The number of nitrogens with zero attached hydrogens (tertiary/aromatic N) is 3. The molecule has 2 fully saturated rings. The molecule has 3 nitrogen and oxygen atoms in total. The molecule has 0 spiro atoms. The molecule has 21 heavy (non-hydrogen) atoms. The zero-order valence-corrected chi connectivity index (χ0v) is 13.5. The first-order valence-corrected chi connectivity index (χ1v) is 8.99. The molecule has 4 rings (SSSR count). The van der Waals surface area contributed by atoms with E-state index in [0.717, 1.165) is 30.7 Å². The molecule has 1 aromatic heterocycles. The summed E-state index contributed by atoms with van der Waals surface area (Å²) in [5.74, 6) is 0. The number of hydrogen-bond donors (Lipinski definition) is 0. The second kappa shape index (κ2) is 5.58. The molecule has 0 aliphatic carbocycles. The van der Waals surface area contributed by atoms with Gasteiger partial charge in [-0.25, -0.2) is 4.98 Å². The van der Waals surface area contributed by atoms with Crippen molar-refractivity contribution >= 4 is 26.7 Å². The monoisotopic (exact) mass is 301 g/mol. The summed E-state index contributed by atoms with van der Waals surface area (Å²) in [7, 11) is 0. The van der Waals surface area contributed by atoms with Crippen LogP contribution in [0.25, 0.3) is 10.2 Å². The molecule has 1 unspecified atom stereocenters. The Morgan fingerprint density at radius 3 is 2.62 bits per heavy atom. The zero-order valence-electron chi connectivity index (χ0n) is 12.7. The number of rotatable bonds is 2. The van der Waals surface area contributed by atoms with Crippen LogP contribution in [0.15, 0.2) is 24.3 Å². The van der Waals surface area contributed by atoms with Crippen LogP contribution in [0.3, 0.4) is 0 Å². The van der Waals surface area contributed by atoms with Crippen LogP contribution < -0.4 is 4.90 Å². The molecule has 0 bridgehead atoms. The molecule has 0 amide bonds. The summed E-state index contributed by atoms with van der Waals surface area (Å²) < 4.78 is 1.31. The highest BCUT2D eigenvalue weighted by molar-refractivity contribution is 7.22. The maximum Gasteiger partial charge on any atom is 0.186 e. The average molecular weight is 301 g/mol. The minimum Gasteiger partial charge on any atom is -0.348 e. The number of aromatic nitrogens is 1. The minimum absolute atomic E-state index is 0.795. The first kappa shape index (κ1) is 13.5. The molecule has 0 saturated carbocycles. The van der Waals surface area contributed by atoms with E-state index < -0.39 is 0 Å². The molecule has 112 valence electrons. The van der Waals surface area contributed by atoms with Crippen molar-refractivity contribution in [3.63, 3.8) is 0 Å². The van der Waals surface area contributed by atoms with Crippen molar-refractivity contribution in [2.24, 2.45) is 0 Å². The van der Waals surface area contributed by atoms with Gasteiger partial charge in [-0.3, -0.25) is 4.90 Å². The van der Waals surface area contributed by atoms with Crippen molar-refractivity contribution in [2.45, 2.75) is 44.7 Å². The summed E-state index contributed by atoms with van der Waals surface area (Å²) in [5.41, 5.74) is 1.15. The van der Waals surface area contributed by atoms with Gasteiger partial charge < -0.3 is 4.90 Å². The Bertz CT molecular complexity index is 582. The average Bonchev–Trinajstić information content (AvgIpc) is 3.13. The van der Waals surface area contributed by atoms with Gasteiger partial charge in [0.2, 0.25) is 0 Å². The maximum absolute atomic E-state index is 4.80. The SMILES string of the molecule is CC1CCCN1C1CCN(c2nc3ccccc3s2)CC1. The Morgan fingerprint density at radius 2 is 1.90 bits per heavy atom. The first-order valence-electron chi connectivity index (χ1n) is 8.17. The van der Waals surface area contributed by atoms with E-state index in [4.69, 9.17) is 4.98 Å². The maximum atomic E-state index is 4.80. The fourth-order valence-corrected chi connectivity index (χ4v) is 4.90. The lowest BCUT2D eigenvalue weighted by molar-refractivity contribution is 0.163. The number of hydrogen-bond acceptors (Lipinski definition) is 4. The van der Waals surface area contributed by atoms with E-state index in [1.54, 1.807) is 0 Å². The molecule has 4 heteroatoms. The van der Waals surface area contributed by atoms with Crippen LogP contribution in [0.4, 0.5) is 5.13 Å². The third-order valence-electron chi connectivity index (χ3n) is 5.09. The van der Waals surface area contributed by atoms with Crippen molar-refractivity contribution in [3.8, 4) is 0 Å². The van der Waals surface area contributed by atoms with Gasteiger partial charge in [0.25, 0.3) is 0 Å². The predicted octanol–water partition coefficient (Wildman–Crippen LogP) is 3.75. The van der Waals surface area contributed by atoms with Crippen LogP contribution in [0.1, 0.15) is 32.6 Å². The van der Waals surface area contributed by atoms with E-state index in [0.29, 0.717) is 0 Å². The Morgan fingerprint density at radius 1 is 1.10 bits per heavy atom. The van der Waals surface area contributed by atoms with Crippen LogP contribution in [0.2, 0.25) is 0 Å². The number of fused-ring (bicyclic) bond motifs is 1. The Hall–Kier alpha value is -1.13. The van der Waals surface area contributed by atoms with Gasteiger partial charge in [-0.15, -0.1) is 0 Å². The van der Waals surface area contributed by atoms with Crippen molar-refractivity contribution in [1.29, 1.82) is 0 Å². The van der Waals surface area contributed by atoms with E-state index in [2.05, 4.69) is 41.0 Å². The molecular weight excluding hydrogens is 278 g/mol. The molecule has 1 atom stereocenters. The Labute approximate surface area is 130 Å². The van der Waals surface area contributed by atoms with Crippen LogP contribution in [-0.4, -0.2) is 41.6 Å². The standard InChI is InChI=1S/C17H23N3S/c1-13-5-4-10-20(13)14-8-11-19(12-9-14)17-18-15-6-2-3-7-16(15)21-17/h2-3,6-7,13-14H,4-5,8-12H2,1H3. The smallest absolute Gasteiger partial charge is 0.186 e. The molecule has 0 radical (unpaired) electrons. The predicted molar refractivity (Wildman–Crippen MR) is 90.3 cm³/mol. The summed E-state index contributed by atoms with van der Waals surface area (Å²) in [4.78, 5) is 10.0. The van der Waals surface area contributed by atoms with Crippen LogP contribution in [0.5, 0.6) is 0 Å². The number of likely N-dealkylation sites (tertiary alicyclic amines) is 1. The largest absolute Gasteiger partial charge is 0.348 e. The number of thiazole rings is 1. The third-order valence-corrected chi connectivity index (χ3v) is 6.19. The van der Waals surface area contributed by atoms with E-state index >= 15 is 0 Å². The minimum atomic E-state index is 0.795. The molecule has 2 aliphatic heterocycles. The lowest BCUT2D eigenvalue weighted by Gasteiger charge is -2.38. The van der Waals surface area contributed by atoms with Crippen molar-refractivity contribution in [2.75, 3.05) is 24.5 Å². The number of para-hydroxylation sites is 1. The third kappa shape index (κ3) is 2.55. The fraction of sp³-hybridized carbons (Fsp3) is 0.588.